The highest BCUT2D eigenvalue weighted by molar-refractivity contribution is 6.37. The molecule has 2 rings (SSSR count). The van der Waals surface area contributed by atoms with Gasteiger partial charge in [-0.05, 0) is 56.7 Å². The largest absolute Gasteiger partial charge is 0.462 e. The SMILES string of the molecule is C=C(O/C(C)=C/C(=C\C=C(C)C)C(=O)NCc1ccccc1Cl)c1c(Cl)cccc1Cl. The van der Waals surface area contributed by atoms with Crippen LogP contribution in [0, 0.1) is 0 Å². The van der Waals surface area contributed by atoms with Crippen molar-refractivity contribution in [3.8, 4) is 0 Å². The van der Waals surface area contributed by atoms with E-state index in [1.165, 1.54) is 0 Å². The van der Waals surface area contributed by atoms with Crippen LogP contribution in [-0.2, 0) is 16.1 Å². The van der Waals surface area contributed by atoms with E-state index in [1.807, 2.05) is 38.1 Å². The van der Waals surface area contributed by atoms with E-state index in [0.717, 1.165) is 11.1 Å². The number of carbonyl (C=O) groups excluding carboxylic acids is 1. The summed E-state index contributed by atoms with van der Waals surface area (Å²) in [5.41, 5.74) is 2.81. The summed E-state index contributed by atoms with van der Waals surface area (Å²) >= 11 is 18.6. The highest BCUT2D eigenvalue weighted by Crippen LogP contribution is 2.32. The van der Waals surface area contributed by atoms with Gasteiger partial charge < -0.3 is 10.1 Å². The first-order valence-corrected chi connectivity index (χ1v) is 10.7. The van der Waals surface area contributed by atoms with Crippen LogP contribution in [0.1, 0.15) is 31.9 Å². The average molecular weight is 477 g/mol. The fraction of sp³-hybridized carbons (Fsp3) is 0.160. The van der Waals surface area contributed by atoms with E-state index in [9.17, 15) is 4.79 Å². The number of ether oxygens (including phenoxy) is 1. The van der Waals surface area contributed by atoms with Gasteiger partial charge >= 0.3 is 0 Å². The normalized spacial score (nSPS) is 11.7. The molecule has 0 aliphatic heterocycles. The molecule has 31 heavy (non-hydrogen) atoms. The molecule has 0 aliphatic carbocycles. The first kappa shape index (κ1) is 24.8. The maximum Gasteiger partial charge on any atom is 0.251 e. The van der Waals surface area contributed by atoms with Gasteiger partial charge in [0.05, 0.1) is 15.6 Å². The summed E-state index contributed by atoms with van der Waals surface area (Å²) in [5.74, 6) is 0.492. The molecule has 1 amide bonds. The number of rotatable bonds is 8. The van der Waals surface area contributed by atoms with Gasteiger partial charge in [0.1, 0.15) is 11.5 Å². The number of halogens is 3. The molecule has 0 fully saturated rings. The van der Waals surface area contributed by atoms with E-state index in [4.69, 9.17) is 39.5 Å². The fourth-order valence-corrected chi connectivity index (χ4v) is 3.43. The molecule has 0 spiro atoms. The van der Waals surface area contributed by atoms with Crippen LogP contribution in [0.4, 0.5) is 0 Å². The van der Waals surface area contributed by atoms with E-state index in [2.05, 4.69) is 11.9 Å². The third-order valence-corrected chi connectivity index (χ3v) is 5.14. The molecule has 3 nitrogen and oxygen atoms in total. The minimum absolute atomic E-state index is 0.262. The topological polar surface area (TPSA) is 38.3 Å². The second-order valence-corrected chi connectivity index (χ2v) is 8.24. The zero-order valence-electron chi connectivity index (χ0n) is 17.6. The Morgan fingerprint density at radius 3 is 2.19 bits per heavy atom. The van der Waals surface area contributed by atoms with Crippen molar-refractivity contribution in [2.75, 3.05) is 0 Å². The van der Waals surface area contributed by atoms with Gasteiger partial charge in [-0.1, -0.05) is 77.3 Å². The molecule has 1 N–H and O–H groups in total. The van der Waals surface area contributed by atoms with Crippen molar-refractivity contribution in [2.24, 2.45) is 0 Å². The zero-order chi connectivity index (χ0) is 23.0. The second-order valence-electron chi connectivity index (χ2n) is 7.02. The van der Waals surface area contributed by atoms with Crippen LogP contribution in [0.25, 0.3) is 5.76 Å². The van der Waals surface area contributed by atoms with E-state index in [1.54, 1.807) is 43.3 Å². The molecule has 0 aliphatic rings. The maximum absolute atomic E-state index is 12.8. The van der Waals surface area contributed by atoms with Crippen LogP contribution in [0.3, 0.4) is 0 Å². The molecule has 2 aromatic rings. The predicted molar refractivity (Wildman–Crippen MR) is 131 cm³/mol. The van der Waals surface area contributed by atoms with Gasteiger partial charge in [-0.3, -0.25) is 4.79 Å². The fourth-order valence-electron chi connectivity index (χ4n) is 2.62. The van der Waals surface area contributed by atoms with Gasteiger partial charge in [-0.2, -0.15) is 0 Å². The standard InChI is InChI=1S/C25H24Cl3NO2/c1-16(2)12-13-19(25(30)29-15-20-8-5-6-9-21(20)26)14-17(3)31-18(4)24-22(27)10-7-11-23(24)28/h5-14H,4,15H2,1-3H3,(H,29,30)/b17-14+,19-13+. The molecule has 0 radical (unpaired) electrons. The second kappa shape index (κ2) is 11.8. The molecule has 0 saturated carbocycles. The van der Waals surface area contributed by atoms with Crippen molar-refractivity contribution in [1.29, 1.82) is 0 Å². The minimum Gasteiger partial charge on any atom is -0.462 e. The van der Waals surface area contributed by atoms with Gasteiger partial charge in [-0.25, -0.2) is 0 Å². The highest BCUT2D eigenvalue weighted by atomic mass is 35.5. The molecule has 6 heteroatoms. The third-order valence-electron chi connectivity index (χ3n) is 4.14. The smallest absolute Gasteiger partial charge is 0.251 e. The summed E-state index contributed by atoms with van der Waals surface area (Å²) in [6.07, 6.45) is 5.22. The number of hydrogen-bond donors (Lipinski definition) is 1. The van der Waals surface area contributed by atoms with Gasteiger partial charge in [0, 0.05) is 17.1 Å². The Hall–Kier alpha value is -2.46. The summed E-state index contributed by atoms with van der Waals surface area (Å²) in [6, 6.07) is 12.5. The van der Waals surface area contributed by atoms with Crippen molar-refractivity contribution in [3.05, 3.63) is 110 Å². The van der Waals surface area contributed by atoms with Crippen LogP contribution in [0.15, 0.2) is 84.2 Å². The number of allylic oxidation sites excluding steroid dienone is 4. The lowest BCUT2D eigenvalue weighted by Crippen LogP contribution is -2.24. The van der Waals surface area contributed by atoms with Crippen molar-refractivity contribution < 1.29 is 9.53 Å². The molecule has 0 saturated heterocycles. The van der Waals surface area contributed by atoms with E-state index in [-0.39, 0.29) is 5.91 Å². The van der Waals surface area contributed by atoms with Crippen LogP contribution < -0.4 is 5.32 Å². The summed E-state index contributed by atoms with van der Waals surface area (Å²) in [7, 11) is 0. The quantitative estimate of drug-likeness (QED) is 0.240. The Balaban J connectivity index is 2.20. The lowest BCUT2D eigenvalue weighted by atomic mass is 10.1. The van der Waals surface area contributed by atoms with Gasteiger partial charge in [0.2, 0.25) is 0 Å². The predicted octanol–water partition coefficient (Wildman–Crippen LogP) is 7.75. The number of amides is 1. The van der Waals surface area contributed by atoms with Crippen molar-refractivity contribution in [3.63, 3.8) is 0 Å². The van der Waals surface area contributed by atoms with Crippen molar-refractivity contribution in [1.82, 2.24) is 5.32 Å². The Morgan fingerprint density at radius 1 is 0.968 bits per heavy atom. The number of benzene rings is 2. The maximum atomic E-state index is 12.8. The highest BCUT2D eigenvalue weighted by Gasteiger charge is 2.13. The molecular formula is C25H24Cl3NO2. The molecule has 0 unspecified atom stereocenters. The first-order chi connectivity index (χ1) is 14.7. The Bertz CT molecular complexity index is 1040. The molecule has 0 aromatic heterocycles. The van der Waals surface area contributed by atoms with Crippen LogP contribution in [0.5, 0.6) is 0 Å². The Kier molecular flexibility index (Phi) is 9.44. The molecule has 0 heterocycles. The Labute approximate surface area is 198 Å². The molecule has 162 valence electrons. The summed E-state index contributed by atoms with van der Waals surface area (Å²) < 4.78 is 5.80. The zero-order valence-corrected chi connectivity index (χ0v) is 19.9. The molecule has 0 atom stereocenters. The molecule has 0 bridgehead atoms. The Morgan fingerprint density at radius 2 is 1.58 bits per heavy atom. The van der Waals surface area contributed by atoms with Crippen molar-refractivity contribution in [2.45, 2.75) is 27.3 Å². The summed E-state index contributed by atoms with van der Waals surface area (Å²) in [6.45, 7) is 9.85. The van der Waals surface area contributed by atoms with E-state index < -0.39 is 0 Å². The lowest BCUT2D eigenvalue weighted by molar-refractivity contribution is -0.117. The minimum atomic E-state index is -0.262. The van der Waals surface area contributed by atoms with Gasteiger partial charge in [0.15, 0.2) is 0 Å². The molecular weight excluding hydrogens is 453 g/mol. The third kappa shape index (κ3) is 7.62. The number of nitrogens with one attached hydrogen (secondary N) is 1. The molecule has 2 aromatic carbocycles. The lowest BCUT2D eigenvalue weighted by Gasteiger charge is -2.13. The van der Waals surface area contributed by atoms with Crippen LogP contribution in [-0.4, -0.2) is 5.91 Å². The summed E-state index contributed by atoms with van der Waals surface area (Å²) in [5, 5.41) is 4.35. The number of carbonyl (C=O) groups is 1. The first-order valence-electron chi connectivity index (χ1n) is 9.55. The summed E-state index contributed by atoms with van der Waals surface area (Å²) in [4.78, 5) is 12.8. The van der Waals surface area contributed by atoms with Crippen molar-refractivity contribution >= 4 is 46.5 Å². The van der Waals surface area contributed by atoms with Crippen LogP contribution >= 0.6 is 34.8 Å². The van der Waals surface area contributed by atoms with Gasteiger partial charge in [0.25, 0.3) is 5.91 Å². The van der Waals surface area contributed by atoms with E-state index >= 15 is 0 Å². The van der Waals surface area contributed by atoms with Crippen LogP contribution in [0.2, 0.25) is 15.1 Å². The monoisotopic (exact) mass is 475 g/mol. The van der Waals surface area contributed by atoms with Gasteiger partial charge in [-0.15, -0.1) is 0 Å². The average Bonchev–Trinajstić information content (AvgIpc) is 2.70. The van der Waals surface area contributed by atoms with E-state index in [0.29, 0.717) is 44.3 Å². The number of hydrogen-bond acceptors (Lipinski definition) is 2.